The summed E-state index contributed by atoms with van der Waals surface area (Å²) in [6.45, 7) is 7.81. The normalized spacial score (nSPS) is 12.4. The summed E-state index contributed by atoms with van der Waals surface area (Å²) in [5, 5.41) is 10.7. The Morgan fingerprint density at radius 2 is 1.94 bits per heavy atom. The molecular formula is C20H29N5O5S. The fraction of sp³-hybridized carbons (Fsp3) is 0.500. The first-order chi connectivity index (χ1) is 14.7. The van der Waals surface area contributed by atoms with Crippen LogP contribution in [0.3, 0.4) is 0 Å². The van der Waals surface area contributed by atoms with E-state index >= 15 is 0 Å². The summed E-state index contributed by atoms with van der Waals surface area (Å²) in [6.07, 6.45) is 1.68. The molecule has 2 rings (SSSR count). The predicted molar refractivity (Wildman–Crippen MR) is 116 cm³/mol. The highest BCUT2D eigenvalue weighted by Crippen LogP contribution is 2.29. The van der Waals surface area contributed by atoms with Gasteiger partial charge in [0, 0.05) is 13.0 Å². The minimum absolute atomic E-state index is 0.0197. The number of hydrogen-bond acceptors (Lipinski definition) is 7. The van der Waals surface area contributed by atoms with Gasteiger partial charge in [0.2, 0.25) is 15.9 Å². The molecule has 170 valence electrons. The molecule has 1 aromatic heterocycles. The van der Waals surface area contributed by atoms with E-state index in [2.05, 4.69) is 25.2 Å². The van der Waals surface area contributed by atoms with Crippen molar-refractivity contribution >= 4 is 15.9 Å². The third-order valence-electron chi connectivity index (χ3n) is 4.35. The van der Waals surface area contributed by atoms with E-state index in [0.717, 1.165) is 0 Å². The van der Waals surface area contributed by atoms with Gasteiger partial charge in [-0.05, 0) is 44.9 Å². The van der Waals surface area contributed by atoms with Crippen molar-refractivity contribution in [1.29, 1.82) is 0 Å². The second-order valence-corrected chi connectivity index (χ2v) is 8.68. The van der Waals surface area contributed by atoms with Crippen LogP contribution in [0.25, 0.3) is 11.4 Å². The standard InChI is InChI=1S/C20H29N5O5S/c1-5-8-17(26)22-13(4)18-20(27)23-19(25-24-18)15-12-14(9-10-16(15)30-7-3)31(28,29)21-11-6-2/h9-10,12-13,21H,5-8,11H2,1-4H3,(H,22,26)(H,23,25,27). The van der Waals surface area contributed by atoms with Gasteiger partial charge >= 0.3 is 0 Å². The van der Waals surface area contributed by atoms with Gasteiger partial charge in [-0.1, -0.05) is 13.8 Å². The van der Waals surface area contributed by atoms with Crippen LogP contribution in [0.5, 0.6) is 5.75 Å². The molecule has 1 aromatic carbocycles. The molecule has 10 nitrogen and oxygen atoms in total. The Labute approximate surface area is 181 Å². The Hall–Kier alpha value is -2.79. The fourth-order valence-electron chi connectivity index (χ4n) is 2.82. The number of nitrogens with zero attached hydrogens (tertiary/aromatic N) is 2. The Morgan fingerprint density at radius 3 is 2.55 bits per heavy atom. The van der Waals surface area contributed by atoms with Crippen molar-refractivity contribution in [2.24, 2.45) is 0 Å². The summed E-state index contributed by atoms with van der Waals surface area (Å²) in [5.41, 5.74) is -0.186. The number of ether oxygens (including phenoxy) is 1. The van der Waals surface area contributed by atoms with E-state index in [-0.39, 0.29) is 22.3 Å². The Kier molecular flexibility index (Phi) is 8.69. The second-order valence-electron chi connectivity index (χ2n) is 6.92. The molecule has 1 unspecified atom stereocenters. The SMILES string of the molecule is CCCNS(=O)(=O)c1ccc(OCC)c(-c2nnc(C(C)NC(=O)CCC)c(=O)[nH]2)c1. The maximum atomic E-state index is 12.6. The number of aromatic amines is 1. The average Bonchev–Trinajstić information content (AvgIpc) is 2.72. The molecule has 1 heterocycles. The maximum Gasteiger partial charge on any atom is 0.275 e. The van der Waals surface area contributed by atoms with Crippen molar-refractivity contribution in [2.45, 2.75) is 57.9 Å². The van der Waals surface area contributed by atoms with Gasteiger partial charge in [0.05, 0.1) is 23.1 Å². The van der Waals surface area contributed by atoms with Gasteiger partial charge < -0.3 is 15.0 Å². The number of nitrogens with one attached hydrogen (secondary N) is 3. The number of benzene rings is 1. The molecule has 0 spiro atoms. The highest BCUT2D eigenvalue weighted by molar-refractivity contribution is 7.89. The Bertz CT molecular complexity index is 1070. The first kappa shape index (κ1) is 24.5. The molecule has 1 atom stereocenters. The molecule has 1 amide bonds. The highest BCUT2D eigenvalue weighted by Gasteiger charge is 2.20. The third-order valence-corrected chi connectivity index (χ3v) is 5.80. The number of amides is 1. The van der Waals surface area contributed by atoms with E-state index in [1.165, 1.54) is 18.2 Å². The lowest BCUT2D eigenvalue weighted by Gasteiger charge is -2.14. The molecule has 0 saturated heterocycles. The molecule has 0 fully saturated rings. The largest absolute Gasteiger partial charge is 0.493 e. The Balaban J connectivity index is 2.44. The van der Waals surface area contributed by atoms with Gasteiger partial charge in [0.15, 0.2) is 11.5 Å². The molecule has 0 bridgehead atoms. The number of sulfonamides is 1. The lowest BCUT2D eigenvalue weighted by molar-refractivity contribution is -0.121. The van der Waals surface area contributed by atoms with Gasteiger partial charge in [-0.2, -0.15) is 0 Å². The second kappa shape index (κ2) is 11.0. The molecule has 0 radical (unpaired) electrons. The van der Waals surface area contributed by atoms with Crippen LogP contribution in [0.1, 0.15) is 58.7 Å². The summed E-state index contributed by atoms with van der Waals surface area (Å²) in [5.74, 6) is 0.243. The molecule has 3 N–H and O–H groups in total. The van der Waals surface area contributed by atoms with Crippen LogP contribution in [0, 0.1) is 0 Å². The number of carbonyl (C=O) groups is 1. The van der Waals surface area contributed by atoms with Crippen LogP contribution in [-0.4, -0.2) is 42.7 Å². The lowest BCUT2D eigenvalue weighted by atomic mass is 10.2. The lowest BCUT2D eigenvalue weighted by Crippen LogP contribution is -2.32. The maximum absolute atomic E-state index is 12.6. The van der Waals surface area contributed by atoms with Gasteiger partial charge in [0.1, 0.15) is 5.75 Å². The molecule has 0 saturated carbocycles. The molecular weight excluding hydrogens is 422 g/mol. The Morgan fingerprint density at radius 1 is 1.19 bits per heavy atom. The summed E-state index contributed by atoms with van der Waals surface area (Å²) in [7, 11) is -3.73. The van der Waals surface area contributed by atoms with Crippen LogP contribution in [-0.2, 0) is 14.8 Å². The van der Waals surface area contributed by atoms with E-state index in [1.54, 1.807) is 13.8 Å². The predicted octanol–water partition coefficient (Wildman–Crippen LogP) is 1.90. The fourth-order valence-corrected chi connectivity index (χ4v) is 3.98. The van der Waals surface area contributed by atoms with Crippen LogP contribution >= 0.6 is 0 Å². The van der Waals surface area contributed by atoms with Crippen LogP contribution in [0.15, 0.2) is 27.9 Å². The van der Waals surface area contributed by atoms with E-state index in [4.69, 9.17) is 4.74 Å². The molecule has 0 aliphatic carbocycles. The summed E-state index contributed by atoms with van der Waals surface area (Å²) in [4.78, 5) is 27.0. The zero-order valence-corrected chi connectivity index (χ0v) is 19.0. The first-order valence-electron chi connectivity index (χ1n) is 10.3. The third kappa shape index (κ3) is 6.34. The zero-order chi connectivity index (χ0) is 23.0. The van der Waals surface area contributed by atoms with Gasteiger partial charge in [-0.15, -0.1) is 10.2 Å². The van der Waals surface area contributed by atoms with E-state index in [1.807, 2.05) is 13.8 Å². The van der Waals surface area contributed by atoms with Crippen LogP contribution in [0.4, 0.5) is 0 Å². The van der Waals surface area contributed by atoms with Crippen molar-refractivity contribution < 1.29 is 17.9 Å². The molecule has 2 aromatic rings. The average molecular weight is 452 g/mol. The van der Waals surface area contributed by atoms with Gasteiger partial charge in [-0.25, -0.2) is 13.1 Å². The van der Waals surface area contributed by atoms with Crippen molar-refractivity contribution in [3.8, 4) is 17.1 Å². The number of H-pyrrole nitrogens is 1. The number of rotatable bonds is 11. The number of carbonyl (C=O) groups excluding carboxylic acids is 1. The van der Waals surface area contributed by atoms with Crippen molar-refractivity contribution in [3.63, 3.8) is 0 Å². The van der Waals surface area contributed by atoms with Crippen molar-refractivity contribution in [2.75, 3.05) is 13.2 Å². The van der Waals surface area contributed by atoms with E-state index in [9.17, 15) is 18.0 Å². The summed E-state index contributed by atoms with van der Waals surface area (Å²) in [6, 6.07) is 3.70. The molecule has 31 heavy (non-hydrogen) atoms. The highest BCUT2D eigenvalue weighted by atomic mass is 32.2. The topological polar surface area (TPSA) is 143 Å². The number of aromatic nitrogens is 3. The molecule has 0 aliphatic heterocycles. The quantitative estimate of drug-likeness (QED) is 0.473. The van der Waals surface area contributed by atoms with Crippen LogP contribution in [0.2, 0.25) is 0 Å². The van der Waals surface area contributed by atoms with Crippen molar-refractivity contribution in [3.05, 3.63) is 34.2 Å². The first-order valence-corrected chi connectivity index (χ1v) is 11.7. The zero-order valence-electron chi connectivity index (χ0n) is 18.2. The molecule has 0 aliphatic rings. The minimum Gasteiger partial charge on any atom is -0.493 e. The summed E-state index contributed by atoms with van der Waals surface area (Å²) >= 11 is 0. The van der Waals surface area contributed by atoms with E-state index < -0.39 is 21.6 Å². The van der Waals surface area contributed by atoms with Gasteiger partial charge in [0.25, 0.3) is 5.56 Å². The van der Waals surface area contributed by atoms with Crippen LogP contribution < -0.4 is 20.3 Å². The van der Waals surface area contributed by atoms with Gasteiger partial charge in [-0.3, -0.25) is 9.59 Å². The monoisotopic (exact) mass is 451 g/mol. The smallest absolute Gasteiger partial charge is 0.275 e. The number of hydrogen-bond donors (Lipinski definition) is 3. The minimum atomic E-state index is -3.73. The summed E-state index contributed by atoms with van der Waals surface area (Å²) < 4.78 is 33.1. The van der Waals surface area contributed by atoms with Crippen molar-refractivity contribution in [1.82, 2.24) is 25.2 Å². The van der Waals surface area contributed by atoms with E-state index in [0.29, 0.717) is 43.7 Å². The molecule has 11 heteroatoms.